The van der Waals surface area contributed by atoms with Crippen molar-refractivity contribution in [1.82, 2.24) is 25.2 Å². The van der Waals surface area contributed by atoms with Crippen LogP contribution in [0.4, 0.5) is 5.69 Å². The number of carbonyl (C=O) groups is 3. The highest BCUT2D eigenvalue weighted by Gasteiger charge is 2.29. The number of benzene rings is 1. The van der Waals surface area contributed by atoms with Gasteiger partial charge in [-0.2, -0.15) is 0 Å². The van der Waals surface area contributed by atoms with Crippen LogP contribution in [-0.4, -0.2) is 44.9 Å². The van der Waals surface area contributed by atoms with Crippen molar-refractivity contribution < 1.29 is 14.4 Å². The van der Waals surface area contributed by atoms with Gasteiger partial charge in [0.15, 0.2) is 5.65 Å². The minimum absolute atomic E-state index is 0.126. The molecule has 0 saturated heterocycles. The van der Waals surface area contributed by atoms with Gasteiger partial charge in [0.1, 0.15) is 11.9 Å². The molecule has 4 rings (SSSR count). The minimum Gasteiger partial charge on any atom is -0.356 e. The lowest BCUT2D eigenvalue weighted by Crippen LogP contribution is -2.44. The van der Waals surface area contributed by atoms with Crippen LogP contribution in [0.2, 0.25) is 0 Å². The maximum absolute atomic E-state index is 12.3. The molecule has 1 atom stereocenters. The zero-order valence-electron chi connectivity index (χ0n) is 15.6. The van der Waals surface area contributed by atoms with Crippen molar-refractivity contribution in [3.8, 4) is 0 Å². The molecule has 1 aromatic carbocycles. The first kappa shape index (κ1) is 18.6. The fourth-order valence-corrected chi connectivity index (χ4v) is 3.25. The van der Waals surface area contributed by atoms with E-state index in [0.29, 0.717) is 30.6 Å². The van der Waals surface area contributed by atoms with Crippen molar-refractivity contribution in [1.29, 1.82) is 0 Å². The number of amides is 3. The molecular weight excluding hydrogens is 372 g/mol. The Kier molecular flexibility index (Phi) is 5.19. The molecule has 9 nitrogen and oxygen atoms in total. The molecule has 1 aliphatic rings. The molecule has 0 aliphatic carbocycles. The second-order valence-electron chi connectivity index (χ2n) is 6.76. The molecule has 3 heterocycles. The first-order valence-corrected chi connectivity index (χ1v) is 9.38. The van der Waals surface area contributed by atoms with Crippen LogP contribution in [-0.2, 0) is 16.0 Å². The summed E-state index contributed by atoms with van der Waals surface area (Å²) in [6.45, 7) is 0.434. The number of aromatic nitrogens is 3. The molecule has 0 radical (unpaired) electrons. The summed E-state index contributed by atoms with van der Waals surface area (Å²) in [5.41, 5.74) is 1.60. The Morgan fingerprint density at radius 3 is 2.83 bits per heavy atom. The van der Waals surface area contributed by atoms with Gasteiger partial charge in [0.05, 0.1) is 17.7 Å². The average Bonchev–Trinajstić information content (AvgIpc) is 3.09. The van der Waals surface area contributed by atoms with E-state index >= 15 is 0 Å². The van der Waals surface area contributed by atoms with E-state index < -0.39 is 11.9 Å². The zero-order valence-corrected chi connectivity index (χ0v) is 15.6. The number of para-hydroxylation sites is 1. The Morgan fingerprint density at radius 1 is 1.10 bits per heavy atom. The van der Waals surface area contributed by atoms with Crippen LogP contribution >= 0.6 is 0 Å². The Hall–Kier alpha value is -3.75. The topological polar surface area (TPSA) is 117 Å². The van der Waals surface area contributed by atoms with Gasteiger partial charge in [0.25, 0.3) is 5.91 Å². The van der Waals surface area contributed by atoms with Crippen molar-refractivity contribution in [2.24, 2.45) is 0 Å². The quantitative estimate of drug-likeness (QED) is 0.539. The number of aryl methyl sites for hydroxylation is 1. The Bertz CT molecular complexity index is 1080. The maximum atomic E-state index is 12.3. The van der Waals surface area contributed by atoms with Crippen LogP contribution in [0.1, 0.15) is 29.0 Å². The van der Waals surface area contributed by atoms with Gasteiger partial charge >= 0.3 is 0 Å². The Labute approximate surface area is 166 Å². The van der Waals surface area contributed by atoms with Gasteiger partial charge in [-0.05, 0) is 30.7 Å². The maximum Gasteiger partial charge on any atom is 0.254 e. The number of rotatable bonds is 6. The van der Waals surface area contributed by atoms with Crippen molar-refractivity contribution in [3.63, 3.8) is 0 Å². The highest BCUT2D eigenvalue weighted by molar-refractivity contribution is 6.10. The summed E-state index contributed by atoms with van der Waals surface area (Å²) in [6, 6.07) is 11.5. The monoisotopic (exact) mass is 392 g/mol. The lowest BCUT2D eigenvalue weighted by molar-refractivity contribution is -0.125. The van der Waals surface area contributed by atoms with Gasteiger partial charge in [0.2, 0.25) is 11.8 Å². The number of pyridine rings is 1. The van der Waals surface area contributed by atoms with Crippen LogP contribution in [0, 0.1) is 0 Å². The number of hydrogen-bond donors (Lipinski definition) is 3. The zero-order chi connectivity index (χ0) is 20.2. The fraction of sp³-hybridized carbons (Fsp3) is 0.250. The third kappa shape index (κ3) is 4.08. The molecule has 0 saturated carbocycles. The van der Waals surface area contributed by atoms with E-state index in [9.17, 15) is 14.4 Å². The van der Waals surface area contributed by atoms with E-state index in [-0.39, 0.29) is 18.2 Å². The third-order valence-electron chi connectivity index (χ3n) is 4.72. The van der Waals surface area contributed by atoms with Gasteiger partial charge in [-0.25, -0.2) is 0 Å². The summed E-state index contributed by atoms with van der Waals surface area (Å²) in [5, 5.41) is 16.3. The van der Waals surface area contributed by atoms with Crippen molar-refractivity contribution in [3.05, 3.63) is 60.0 Å². The molecule has 2 aromatic heterocycles. The molecule has 3 N–H and O–H groups in total. The van der Waals surface area contributed by atoms with E-state index in [0.717, 1.165) is 11.5 Å². The number of carbonyl (C=O) groups excluding carboxylic acids is 3. The second kappa shape index (κ2) is 8.09. The summed E-state index contributed by atoms with van der Waals surface area (Å²) in [6.07, 6.45) is 3.10. The van der Waals surface area contributed by atoms with Gasteiger partial charge in [-0.3, -0.25) is 18.8 Å². The predicted molar refractivity (Wildman–Crippen MR) is 105 cm³/mol. The summed E-state index contributed by atoms with van der Waals surface area (Å²) in [4.78, 5) is 36.9. The van der Waals surface area contributed by atoms with Crippen LogP contribution in [0.3, 0.4) is 0 Å². The fourth-order valence-electron chi connectivity index (χ4n) is 3.25. The van der Waals surface area contributed by atoms with Crippen molar-refractivity contribution >= 4 is 29.1 Å². The standard InChI is InChI=1S/C20H20N6O3/c27-18(21-10-5-9-17-25-24-16-8-3-4-11-26(16)17)12-15-20(29)22-14-7-2-1-6-13(14)19(28)23-15/h1-4,6-8,11,15H,5,9-10,12H2,(H,21,27)(H,22,29)(H,23,28). The summed E-state index contributed by atoms with van der Waals surface area (Å²) < 4.78 is 1.91. The number of nitrogens with zero attached hydrogens (tertiary/aromatic N) is 3. The Morgan fingerprint density at radius 2 is 1.93 bits per heavy atom. The molecule has 29 heavy (non-hydrogen) atoms. The van der Waals surface area contributed by atoms with Gasteiger partial charge in [-0.1, -0.05) is 18.2 Å². The smallest absolute Gasteiger partial charge is 0.254 e. The highest BCUT2D eigenvalue weighted by Crippen LogP contribution is 2.18. The molecule has 9 heteroatoms. The number of anilines is 1. The van der Waals surface area contributed by atoms with E-state index in [1.165, 1.54) is 0 Å². The van der Waals surface area contributed by atoms with E-state index in [2.05, 4.69) is 26.1 Å². The molecule has 0 fully saturated rings. The molecule has 3 amide bonds. The lowest BCUT2D eigenvalue weighted by Gasteiger charge is -2.14. The molecule has 1 unspecified atom stereocenters. The molecular formula is C20H20N6O3. The van der Waals surface area contributed by atoms with E-state index in [1.54, 1.807) is 24.3 Å². The van der Waals surface area contributed by atoms with Gasteiger partial charge in [0, 0.05) is 19.2 Å². The van der Waals surface area contributed by atoms with Crippen molar-refractivity contribution in [2.75, 3.05) is 11.9 Å². The van der Waals surface area contributed by atoms with E-state index in [4.69, 9.17) is 0 Å². The van der Waals surface area contributed by atoms with Crippen molar-refractivity contribution in [2.45, 2.75) is 25.3 Å². The molecule has 0 spiro atoms. The second-order valence-corrected chi connectivity index (χ2v) is 6.76. The molecule has 148 valence electrons. The molecule has 3 aromatic rings. The Balaban J connectivity index is 1.27. The highest BCUT2D eigenvalue weighted by atomic mass is 16.2. The van der Waals surface area contributed by atoms with Gasteiger partial charge < -0.3 is 16.0 Å². The summed E-state index contributed by atoms with van der Waals surface area (Å²) >= 11 is 0. The SMILES string of the molecule is O=C(CC1NC(=O)c2ccccc2NC1=O)NCCCc1nnc2ccccn12. The van der Waals surface area contributed by atoms with Crippen LogP contribution in [0.15, 0.2) is 48.7 Å². The average molecular weight is 392 g/mol. The number of fused-ring (bicyclic) bond motifs is 2. The van der Waals surface area contributed by atoms with Crippen LogP contribution < -0.4 is 16.0 Å². The summed E-state index contributed by atoms with van der Waals surface area (Å²) in [5.74, 6) is -0.269. The minimum atomic E-state index is -0.921. The largest absolute Gasteiger partial charge is 0.356 e. The number of hydrogen-bond acceptors (Lipinski definition) is 5. The molecule has 0 bridgehead atoms. The summed E-state index contributed by atoms with van der Waals surface area (Å²) in [7, 11) is 0. The van der Waals surface area contributed by atoms with Crippen LogP contribution in [0.25, 0.3) is 5.65 Å². The number of nitrogens with one attached hydrogen (secondary N) is 3. The van der Waals surface area contributed by atoms with Crippen LogP contribution in [0.5, 0.6) is 0 Å². The van der Waals surface area contributed by atoms with Gasteiger partial charge in [-0.15, -0.1) is 10.2 Å². The first-order valence-electron chi connectivity index (χ1n) is 9.38. The predicted octanol–water partition coefficient (Wildman–Crippen LogP) is 0.919. The first-order chi connectivity index (χ1) is 14.1. The van der Waals surface area contributed by atoms with E-state index in [1.807, 2.05) is 28.8 Å². The molecule has 1 aliphatic heterocycles. The lowest BCUT2D eigenvalue weighted by atomic mass is 10.1. The third-order valence-corrected chi connectivity index (χ3v) is 4.72. The normalized spacial score (nSPS) is 15.9.